The standard InChI is InChI=1S/C17H18IN3/c1-12-5-3-4-6-15(12)21-16(19)20-11-17(21,2)13-7-9-14(18)10-8-13/h3-10H,11H2,1-2H3,(H2,19,20). The Kier molecular flexibility index (Phi) is 3.65. The van der Waals surface area contributed by atoms with E-state index in [0.29, 0.717) is 12.5 Å². The van der Waals surface area contributed by atoms with Crippen LogP contribution in [0.1, 0.15) is 18.1 Å². The van der Waals surface area contributed by atoms with Gasteiger partial charge in [-0.05, 0) is 65.8 Å². The Morgan fingerprint density at radius 1 is 1.14 bits per heavy atom. The summed E-state index contributed by atoms with van der Waals surface area (Å²) in [5.41, 5.74) is 9.52. The van der Waals surface area contributed by atoms with Crippen LogP contribution in [0.3, 0.4) is 0 Å². The fraction of sp³-hybridized carbons (Fsp3) is 0.235. The summed E-state index contributed by atoms with van der Waals surface area (Å²) >= 11 is 2.32. The normalized spacial score (nSPS) is 21.5. The highest BCUT2D eigenvalue weighted by Crippen LogP contribution is 2.38. The molecule has 0 aromatic heterocycles. The maximum Gasteiger partial charge on any atom is 0.196 e. The molecule has 1 heterocycles. The summed E-state index contributed by atoms with van der Waals surface area (Å²) in [6, 6.07) is 16.9. The van der Waals surface area contributed by atoms with Gasteiger partial charge in [-0.25, -0.2) is 0 Å². The molecule has 3 rings (SSSR count). The Balaban J connectivity index is 2.10. The summed E-state index contributed by atoms with van der Waals surface area (Å²) < 4.78 is 1.23. The molecule has 0 radical (unpaired) electrons. The minimum atomic E-state index is -0.236. The van der Waals surface area contributed by atoms with E-state index in [9.17, 15) is 0 Å². The number of nitrogens with zero attached hydrogens (tertiary/aromatic N) is 2. The van der Waals surface area contributed by atoms with Crippen LogP contribution in [0.15, 0.2) is 53.5 Å². The van der Waals surface area contributed by atoms with Crippen molar-refractivity contribution < 1.29 is 0 Å². The highest BCUT2D eigenvalue weighted by Gasteiger charge is 2.40. The van der Waals surface area contributed by atoms with Gasteiger partial charge in [-0.15, -0.1) is 0 Å². The third-order valence-corrected chi connectivity index (χ3v) is 4.81. The van der Waals surface area contributed by atoms with Gasteiger partial charge < -0.3 is 10.6 Å². The number of guanidine groups is 1. The molecule has 2 N–H and O–H groups in total. The number of aliphatic imine (C=N–C) groups is 1. The smallest absolute Gasteiger partial charge is 0.196 e. The predicted molar refractivity (Wildman–Crippen MR) is 96.7 cm³/mol. The topological polar surface area (TPSA) is 41.6 Å². The van der Waals surface area contributed by atoms with Crippen molar-refractivity contribution in [3.05, 3.63) is 63.2 Å². The Morgan fingerprint density at radius 2 is 1.81 bits per heavy atom. The number of halogens is 1. The molecule has 0 amide bonds. The third-order valence-electron chi connectivity index (χ3n) is 4.09. The van der Waals surface area contributed by atoms with Crippen molar-refractivity contribution in [3.8, 4) is 0 Å². The lowest BCUT2D eigenvalue weighted by Gasteiger charge is -2.37. The minimum Gasteiger partial charge on any atom is -0.369 e. The van der Waals surface area contributed by atoms with Gasteiger partial charge in [0.05, 0.1) is 12.1 Å². The highest BCUT2D eigenvalue weighted by molar-refractivity contribution is 14.1. The van der Waals surface area contributed by atoms with Crippen molar-refractivity contribution in [2.45, 2.75) is 19.4 Å². The van der Waals surface area contributed by atoms with Crippen LogP contribution in [-0.4, -0.2) is 12.5 Å². The molecule has 1 atom stereocenters. The molecule has 2 aromatic rings. The van der Waals surface area contributed by atoms with E-state index in [1.807, 2.05) is 12.1 Å². The minimum absolute atomic E-state index is 0.236. The molecule has 0 bridgehead atoms. The van der Waals surface area contributed by atoms with Crippen molar-refractivity contribution >= 4 is 34.2 Å². The average molecular weight is 391 g/mol. The lowest BCUT2D eigenvalue weighted by Crippen LogP contribution is -2.48. The molecule has 4 heteroatoms. The number of hydrogen-bond donors (Lipinski definition) is 1. The van der Waals surface area contributed by atoms with Crippen molar-refractivity contribution in [2.24, 2.45) is 10.7 Å². The molecule has 0 fully saturated rings. The lowest BCUT2D eigenvalue weighted by atomic mass is 9.90. The van der Waals surface area contributed by atoms with E-state index in [0.717, 1.165) is 5.69 Å². The number of rotatable bonds is 2. The van der Waals surface area contributed by atoms with Crippen molar-refractivity contribution in [1.29, 1.82) is 0 Å². The Labute approximate surface area is 139 Å². The molecule has 21 heavy (non-hydrogen) atoms. The van der Waals surface area contributed by atoms with Gasteiger partial charge in [0.25, 0.3) is 0 Å². The second kappa shape index (κ2) is 5.33. The lowest BCUT2D eigenvalue weighted by molar-refractivity contribution is 0.532. The van der Waals surface area contributed by atoms with Gasteiger partial charge in [0.15, 0.2) is 5.96 Å². The Bertz CT molecular complexity index is 693. The first kappa shape index (κ1) is 14.4. The third kappa shape index (κ3) is 2.41. The zero-order valence-corrected chi connectivity index (χ0v) is 14.3. The molecule has 1 aliphatic rings. The molecule has 108 valence electrons. The second-order valence-electron chi connectivity index (χ2n) is 5.58. The van der Waals surface area contributed by atoms with E-state index in [2.05, 4.69) is 82.7 Å². The van der Waals surface area contributed by atoms with Crippen molar-refractivity contribution in [1.82, 2.24) is 0 Å². The van der Waals surface area contributed by atoms with E-state index >= 15 is 0 Å². The molecule has 0 spiro atoms. The van der Waals surface area contributed by atoms with Gasteiger partial charge in [-0.3, -0.25) is 4.99 Å². The molecule has 0 aliphatic carbocycles. The number of para-hydroxylation sites is 1. The van der Waals surface area contributed by atoms with E-state index < -0.39 is 0 Å². The van der Waals surface area contributed by atoms with Crippen LogP contribution in [0.2, 0.25) is 0 Å². The number of nitrogens with two attached hydrogens (primary N) is 1. The summed E-state index contributed by atoms with van der Waals surface area (Å²) in [7, 11) is 0. The van der Waals surface area contributed by atoms with Crippen LogP contribution in [0.25, 0.3) is 0 Å². The van der Waals surface area contributed by atoms with Crippen LogP contribution in [0.4, 0.5) is 5.69 Å². The van der Waals surface area contributed by atoms with Crippen LogP contribution in [0.5, 0.6) is 0 Å². The highest BCUT2D eigenvalue weighted by atomic mass is 127. The van der Waals surface area contributed by atoms with Gasteiger partial charge >= 0.3 is 0 Å². The summed E-state index contributed by atoms with van der Waals surface area (Å²) in [5.74, 6) is 0.588. The number of aryl methyl sites for hydroxylation is 1. The average Bonchev–Trinajstić information content (AvgIpc) is 2.77. The van der Waals surface area contributed by atoms with Crippen molar-refractivity contribution in [3.63, 3.8) is 0 Å². The molecule has 0 saturated carbocycles. The maximum absolute atomic E-state index is 6.20. The van der Waals surface area contributed by atoms with Crippen LogP contribution >= 0.6 is 22.6 Å². The van der Waals surface area contributed by atoms with E-state index in [4.69, 9.17) is 5.73 Å². The fourth-order valence-electron chi connectivity index (χ4n) is 2.86. The number of benzene rings is 2. The number of hydrogen-bond acceptors (Lipinski definition) is 3. The molecule has 2 aromatic carbocycles. The SMILES string of the molecule is Cc1ccccc1N1C(N)=NCC1(C)c1ccc(I)cc1. The maximum atomic E-state index is 6.20. The van der Waals surface area contributed by atoms with Gasteiger partial charge in [-0.2, -0.15) is 0 Å². The zero-order valence-electron chi connectivity index (χ0n) is 12.2. The Hall–Kier alpha value is -1.56. The molecule has 3 nitrogen and oxygen atoms in total. The molecular weight excluding hydrogens is 373 g/mol. The van der Waals surface area contributed by atoms with Gasteiger partial charge in [0, 0.05) is 9.26 Å². The summed E-state index contributed by atoms with van der Waals surface area (Å²) in [5, 5.41) is 0. The first-order valence-corrected chi connectivity index (χ1v) is 8.02. The van der Waals surface area contributed by atoms with Gasteiger partial charge in [-0.1, -0.05) is 30.3 Å². The summed E-state index contributed by atoms with van der Waals surface area (Å²) in [6.45, 7) is 4.98. The molecule has 1 unspecified atom stereocenters. The molecular formula is C17H18IN3. The van der Waals surface area contributed by atoms with E-state index in [1.165, 1.54) is 14.7 Å². The largest absolute Gasteiger partial charge is 0.369 e. The van der Waals surface area contributed by atoms with Gasteiger partial charge in [0.2, 0.25) is 0 Å². The zero-order chi connectivity index (χ0) is 15.0. The van der Waals surface area contributed by atoms with E-state index in [-0.39, 0.29) is 5.54 Å². The monoisotopic (exact) mass is 391 g/mol. The van der Waals surface area contributed by atoms with Crippen LogP contribution < -0.4 is 10.6 Å². The quantitative estimate of drug-likeness (QED) is 0.795. The Morgan fingerprint density at radius 3 is 2.48 bits per heavy atom. The second-order valence-corrected chi connectivity index (χ2v) is 6.82. The fourth-order valence-corrected chi connectivity index (χ4v) is 3.22. The van der Waals surface area contributed by atoms with Crippen molar-refractivity contribution in [2.75, 3.05) is 11.4 Å². The first-order chi connectivity index (χ1) is 10.0. The molecule has 1 aliphatic heterocycles. The van der Waals surface area contributed by atoms with Crippen LogP contribution in [0, 0.1) is 10.5 Å². The van der Waals surface area contributed by atoms with Crippen LogP contribution in [-0.2, 0) is 5.54 Å². The number of anilines is 1. The van der Waals surface area contributed by atoms with Gasteiger partial charge in [0.1, 0.15) is 0 Å². The summed E-state index contributed by atoms with van der Waals surface area (Å²) in [4.78, 5) is 6.66. The van der Waals surface area contributed by atoms with E-state index in [1.54, 1.807) is 0 Å². The predicted octanol–water partition coefficient (Wildman–Crippen LogP) is 3.65. The summed E-state index contributed by atoms with van der Waals surface area (Å²) in [6.07, 6.45) is 0. The molecule has 0 saturated heterocycles. The first-order valence-electron chi connectivity index (χ1n) is 6.94.